The van der Waals surface area contributed by atoms with Gasteiger partial charge in [0.1, 0.15) is 5.75 Å². The van der Waals surface area contributed by atoms with Crippen molar-refractivity contribution in [2.45, 2.75) is 30.4 Å². The maximum absolute atomic E-state index is 13.2. The number of hydrogen-bond acceptors (Lipinski definition) is 7. The lowest BCUT2D eigenvalue weighted by Crippen LogP contribution is -2.31. The third kappa shape index (κ3) is 7.90. The summed E-state index contributed by atoms with van der Waals surface area (Å²) in [4.78, 5) is 8.55. The van der Waals surface area contributed by atoms with Gasteiger partial charge in [-0.15, -0.1) is 9.24 Å². The molecular formula is C23H30FN4O4PS. The Hall–Kier alpha value is -2.81. The lowest BCUT2D eigenvalue weighted by Gasteiger charge is -2.15. The van der Waals surface area contributed by atoms with Crippen LogP contribution in [-0.4, -0.2) is 62.4 Å². The van der Waals surface area contributed by atoms with Gasteiger partial charge in [0, 0.05) is 49.3 Å². The average Bonchev–Trinajstić information content (AvgIpc) is 2.78. The first kappa shape index (κ1) is 27.4. The van der Waals surface area contributed by atoms with Crippen LogP contribution in [0.1, 0.15) is 19.4 Å². The predicted octanol–water partition coefficient (Wildman–Crippen LogP) is 2.83. The molecule has 0 aliphatic carbocycles. The Morgan fingerprint density at radius 2 is 1.88 bits per heavy atom. The lowest BCUT2D eigenvalue weighted by atomic mass is 10.1. The maximum Gasteiger partial charge on any atom is 0.240 e. The highest BCUT2D eigenvalue weighted by atomic mass is 32.2. The van der Waals surface area contributed by atoms with E-state index in [1.807, 2.05) is 6.92 Å². The number of benzene rings is 2. The van der Waals surface area contributed by atoms with Crippen LogP contribution in [0.4, 0.5) is 4.39 Å². The zero-order valence-electron chi connectivity index (χ0n) is 19.2. The number of aliphatic imine (C=N–C) groups is 2. The monoisotopic (exact) mass is 508 g/mol. The minimum absolute atomic E-state index is 0.00725. The first-order valence-electron chi connectivity index (χ1n) is 10.5. The van der Waals surface area contributed by atoms with Crippen molar-refractivity contribution in [3.63, 3.8) is 0 Å². The van der Waals surface area contributed by atoms with Crippen molar-refractivity contribution in [2.24, 2.45) is 9.98 Å². The first-order valence-corrected chi connectivity index (χ1v) is 12.6. The molecule has 0 amide bonds. The number of hydrogen-bond donors (Lipinski definition) is 4. The molecule has 0 aromatic heterocycles. The van der Waals surface area contributed by atoms with E-state index < -0.39 is 21.6 Å². The van der Waals surface area contributed by atoms with Crippen molar-refractivity contribution in [1.29, 1.82) is 0 Å². The summed E-state index contributed by atoms with van der Waals surface area (Å²) in [6.07, 6.45) is 3.56. The van der Waals surface area contributed by atoms with E-state index in [1.54, 1.807) is 50.5 Å². The van der Waals surface area contributed by atoms with Crippen LogP contribution in [0.25, 0.3) is 0 Å². The summed E-state index contributed by atoms with van der Waals surface area (Å²) in [6.45, 7) is 4.05. The Kier molecular flexibility index (Phi) is 10.2. The summed E-state index contributed by atoms with van der Waals surface area (Å²) in [7, 11) is 0.468. The van der Waals surface area contributed by atoms with E-state index in [9.17, 15) is 23.0 Å². The van der Waals surface area contributed by atoms with E-state index in [1.165, 1.54) is 0 Å². The fourth-order valence-electron chi connectivity index (χ4n) is 2.92. The van der Waals surface area contributed by atoms with Crippen LogP contribution in [0.15, 0.2) is 69.1 Å². The zero-order chi connectivity index (χ0) is 25.3. The van der Waals surface area contributed by atoms with Crippen molar-refractivity contribution in [1.82, 2.24) is 10.0 Å². The molecule has 4 N–H and O–H groups in total. The van der Waals surface area contributed by atoms with E-state index in [0.717, 1.165) is 18.2 Å². The third-order valence-electron chi connectivity index (χ3n) is 4.80. The highest BCUT2D eigenvalue weighted by Gasteiger charge is 2.16. The van der Waals surface area contributed by atoms with Gasteiger partial charge in [0.25, 0.3) is 0 Å². The minimum Gasteiger partial charge on any atom is -0.507 e. The Morgan fingerprint density at radius 3 is 2.53 bits per heavy atom. The molecule has 2 rings (SSSR count). The zero-order valence-corrected chi connectivity index (χ0v) is 21.2. The van der Waals surface area contributed by atoms with Gasteiger partial charge in [0.05, 0.1) is 16.6 Å². The molecule has 184 valence electrons. The second-order valence-corrected chi connectivity index (χ2v) is 10.1. The minimum atomic E-state index is -3.91. The molecule has 3 unspecified atom stereocenters. The molecule has 34 heavy (non-hydrogen) atoms. The molecule has 0 fully saturated rings. The van der Waals surface area contributed by atoms with Crippen molar-refractivity contribution in [3.05, 3.63) is 65.6 Å². The van der Waals surface area contributed by atoms with Crippen molar-refractivity contribution >= 4 is 31.2 Å². The molecule has 0 saturated carbocycles. The SMILES string of the molecule is CN=CC(P)C(C)N=C(/C=C(\C)NCCNS(=O)(=O)c1ccc(F)c(O)c1)c1ccccc1O. The maximum atomic E-state index is 13.2. The molecule has 0 saturated heterocycles. The van der Waals surface area contributed by atoms with Gasteiger partial charge in [-0.05, 0) is 44.2 Å². The van der Waals surface area contributed by atoms with Gasteiger partial charge >= 0.3 is 0 Å². The molecule has 0 aliphatic heterocycles. The van der Waals surface area contributed by atoms with E-state index in [0.29, 0.717) is 17.0 Å². The number of aromatic hydroxyl groups is 2. The van der Waals surface area contributed by atoms with Gasteiger partial charge in [-0.2, -0.15) is 0 Å². The number of allylic oxidation sites excluding steroid dienone is 2. The number of rotatable bonds is 11. The number of phenolic OH excluding ortho intramolecular Hbond substituents is 2. The summed E-state index contributed by atoms with van der Waals surface area (Å²) in [5, 5.41) is 22.8. The van der Waals surface area contributed by atoms with Crippen LogP contribution in [0.5, 0.6) is 11.5 Å². The molecule has 0 aliphatic rings. The summed E-state index contributed by atoms with van der Waals surface area (Å²) in [5.74, 6) is -1.53. The van der Waals surface area contributed by atoms with Gasteiger partial charge in [-0.3, -0.25) is 4.99 Å². The molecule has 0 spiro atoms. The quantitative estimate of drug-likeness (QED) is 0.211. The molecule has 0 heterocycles. The predicted molar refractivity (Wildman–Crippen MR) is 137 cm³/mol. The summed E-state index contributed by atoms with van der Waals surface area (Å²) in [5.41, 5.74) is 1.85. The van der Waals surface area contributed by atoms with Crippen LogP contribution < -0.4 is 10.0 Å². The van der Waals surface area contributed by atoms with E-state index in [4.69, 9.17) is 4.99 Å². The smallest absolute Gasteiger partial charge is 0.240 e. The van der Waals surface area contributed by atoms with Gasteiger partial charge < -0.3 is 20.5 Å². The number of halogens is 1. The fourth-order valence-corrected chi connectivity index (χ4v) is 4.23. The molecule has 2 aromatic carbocycles. The molecule has 2 aromatic rings. The average molecular weight is 509 g/mol. The van der Waals surface area contributed by atoms with Crippen LogP contribution >= 0.6 is 9.24 Å². The molecule has 3 atom stereocenters. The molecule has 0 bridgehead atoms. The Balaban J connectivity index is 2.11. The molecule has 0 radical (unpaired) electrons. The van der Waals surface area contributed by atoms with Gasteiger partial charge in [0.2, 0.25) is 10.0 Å². The summed E-state index contributed by atoms with van der Waals surface area (Å²) >= 11 is 0. The van der Waals surface area contributed by atoms with Gasteiger partial charge in [0.15, 0.2) is 11.6 Å². The van der Waals surface area contributed by atoms with Gasteiger partial charge in [-0.25, -0.2) is 17.5 Å². The number of para-hydroxylation sites is 1. The number of nitrogens with zero attached hydrogens (tertiary/aromatic N) is 2. The second kappa shape index (κ2) is 12.6. The topological polar surface area (TPSA) is 123 Å². The fraction of sp³-hybridized carbons (Fsp3) is 0.304. The Bertz CT molecular complexity index is 1190. The second-order valence-electron chi connectivity index (χ2n) is 7.52. The number of nitrogens with one attached hydrogen (secondary N) is 2. The van der Waals surface area contributed by atoms with Crippen LogP contribution in [0.3, 0.4) is 0 Å². The normalized spacial score (nSPS) is 14.9. The van der Waals surface area contributed by atoms with Crippen LogP contribution in [0.2, 0.25) is 0 Å². The van der Waals surface area contributed by atoms with Crippen molar-refractivity contribution < 1.29 is 23.0 Å². The summed E-state index contributed by atoms with van der Waals surface area (Å²) in [6, 6.07) is 9.57. The van der Waals surface area contributed by atoms with Crippen LogP contribution in [-0.2, 0) is 10.0 Å². The third-order valence-corrected chi connectivity index (χ3v) is 6.99. The van der Waals surface area contributed by atoms with Crippen molar-refractivity contribution in [3.8, 4) is 11.5 Å². The molecule has 8 nitrogen and oxygen atoms in total. The lowest BCUT2D eigenvalue weighted by molar-refractivity contribution is 0.430. The standard InChI is InChI=1S/C23H30FN4O4PS/c1-15(26-10-11-27-34(31,32)17-8-9-19(24)22(30)13-17)12-20(18-6-4-5-7-21(18)29)28-16(2)23(33)14-25-3/h4-9,12-14,16,23,26-27,29-30H,10-11,33H2,1-3H3/b15-12+,25-14?,28-20?. The van der Waals surface area contributed by atoms with E-state index in [-0.39, 0.29) is 35.4 Å². The Morgan fingerprint density at radius 1 is 1.18 bits per heavy atom. The Labute approximate surface area is 202 Å². The molecule has 11 heteroatoms. The highest BCUT2D eigenvalue weighted by Crippen LogP contribution is 2.21. The van der Waals surface area contributed by atoms with Gasteiger partial charge in [-0.1, -0.05) is 12.1 Å². The largest absolute Gasteiger partial charge is 0.507 e. The summed E-state index contributed by atoms with van der Waals surface area (Å²) < 4.78 is 40.2. The first-order chi connectivity index (χ1) is 16.0. The highest BCUT2D eigenvalue weighted by molar-refractivity contribution is 7.89. The van der Waals surface area contributed by atoms with Crippen molar-refractivity contribution in [2.75, 3.05) is 20.1 Å². The number of phenols is 2. The number of sulfonamides is 1. The van der Waals surface area contributed by atoms with E-state index >= 15 is 0 Å². The molecular weight excluding hydrogens is 478 g/mol. The van der Waals surface area contributed by atoms with Crippen LogP contribution in [0, 0.1) is 5.82 Å². The van der Waals surface area contributed by atoms with E-state index in [2.05, 4.69) is 24.3 Å².